The van der Waals surface area contributed by atoms with E-state index in [1.165, 1.54) is 27.3 Å². The van der Waals surface area contributed by atoms with Crippen LogP contribution in [0, 0.1) is 0 Å². The first-order valence-corrected chi connectivity index (χ1v) is 19.2. The number of para-hydroxylation sites is 1. The first-order chi connectivity index (χ1) is 28.2. The van der Waals surface area contributed by atoms with Crippen LogP contribution in [-0.2, 0) is 0 Å². The van der Waals surface area contributed by atoms with Gasteiger partial charge in [-0.15, -0.1) is 0 Å². The Balaban J connectivity index is 1.05. The summed E-state index contributed by atoms with van der Waals surface area (Å²) in [6, 6.07) is 69.9. The molecule has 9 aromatic carbocycles. The molecule has 0 saturated carbocycles. The summed E-state index contributed by atoms with van der Waals surface area (Å²) < 4.78 is 6.73. The number of rotatable bonds is 6. The van der Waals surface area contributed by atoms with Crippen molar-refractivity contribution in [3.63, 3.8) is 0 Å². The lowest BCUT2D eigenvalue weighted by Gasteiger charge is -2.10. The fraction of sp³-hybridized carbons (Fsp3) is 0. The van der Waals surface area contributed by atoms with Crippen LogP contribution in [0.15, 0.2) is 205 Å². The predicted molar refractivity (Wildman–Crippen MR) is 235 cm³/mol. The van der Waals surface area contributed by atoms with Crippen LogP contribution < -0.4 is 0 Å². The molecule has 4 heteroatoms. The molecule has 0 fully saturated rings. The summed E-state index contributed by atoms with van der Waals surface area (Å²) in [7, 11) is 0. The molecule has 0 aliphatic carbocycles. The van der Waals surface area contributed by atoms with Crippen LogP contribution in [0.4, 0.5) is 0 Å². The molecule has 2 heterocycles. The lowest BCUT2D eigenvalue weighted by atomic mass is 9.95. The maximum atomic E-state index is 6.73. The normalized spacial score (nSPS) is 11.5. The number of fused-ring (bicyclic) bond motifs is 5. The second kappa shape index (κ2) is 13.6. The molecule has 11 aromatic rings. The Hall–Kier alpha value is -7.69. The van der Waals surface area contributed by atoms with E-state index in [0.29, 0.717) is 17.5 Å². The Morgan fingerprint density at radius 2 is 0.825 bits per heavy atom. The molecule has 11 rings (SSSR count). The van der Waals surface area contributed by atoms with Crippen LogP contribution in [-0.4, -0.2) is 15.0 Å². The number of aromatic nitrogens is 3. The van der Waals surface area contributed by atoms with Gasteiger partial charge in [-0.2, -0.15) is 0 Å². The third kappa shape index (κ3) is 5.83. The van der Waals surface area contributed by atoms with Crippen molar-refractivity contribution in [2.75, 3.05) is 0 Å². The van der Waals surface area contributed by atoms with E-state index in [4.69, 9.17) is 19.4 Å². The molecule has 0 unspecified atom stereocenters. The third-order valence-electron chi connectivity index (χ3n) is 11.0. The zero-order valence-corrected chi connectivity index (χ0v) is 30.8. The zero-order chi connectivity index (χ0) is 37.7. The van der Waals surface area contributed by atoms with E-state index in [-0.39, 0.29) is 0 Å². The number of hydrogen-bond donors (Lipinski definition) is 0. The molecule has 0 aliphatic rings. The van der Waals surface area contributed by atoms with E-state index >= 15 is 0 Å². The summed E-state index contributed by atoms with van der Waals surface area (Å²) in [5, 5.41) is 6.76. The highest BCUT2D eigenvalue weighted by atomic mass is 16.3. The first kappa shape index (κ1) is 32.7. The number of benzene rings is 9. The fourth-order valence-electron chi connectivity index (χ4n) is 8.09. The van der Waals surface area contributed by atoms with Crippen molar-refractivity contribution in [2.45, 2.75) is 0 Å². The summed E-state index contributed by atoms with van der Waals surface area (Å²) in [5.74, 6) is 1.82. The average Bonchev–Trinajstić information content (AvgIpc) is 3.68. The van der Waals surface area contributed by atoms with Gasteiger partial charge >= 0.3 is 0 Å². The molecule has 0 atom stereocenters. The maximum Gasteiger partial charge on any atom is 0.164 e. The van der Waals surface area contributed by atoms with Crippen LogP contribution in [0.2, 0.25) is 0 Å². The lowest BCUT2D eigenvalue weighted by Crippen LogP contribution is -2.00. The SMILES string of the molecule is c1ccc(-c2ccc(-c3nc(-c4ccc5ccccc5c4)nc(-c4cccc5oc6c(-c7ccc(-c8cccc9ccccc89)cc7)cccc6c45)n3)cc2)cc1. The lowest BCUT2D eigenvalue weighted by molar-refractivity contribution is 0.670. The summed E-state index contributed by atoms with van der Waals surface area (Å²) in [5.41, 5.74) is 11.2. The van der Waals surface area contributed by atoms with Gasteiger partial charge in [-0.05, 0) is 61.5 Å². The van der Waals surface area contributed by atoms with Gasteiger partial charge in [0.1, 0.15) is 11.2 Å². The Bertz CT molecular complexity index is 3270. The van der Waals surface area contributed by atoms with Crippen molar-refractivity contribution in [3.8, 4) is 67.5 Å². The minimum absolute atomic E-state index is 0.591. The molecular formula is C53H33N3O. The van der Waals surface area contributed by atoms with E-state index in [1.807, 2.05) is 18.2 Å². The largest absolute Gasteiger partial charge is 0.455 e. The molecule has 0 radical (unpaired) electrons. The minimum Gasteiger partial charge on any atom is -0.455 e. The highest BCUT2D eigenvalue weighted by Crippen LogP contribution is 2.41. The molecule has 266 valence electrons. The van der Waals surface area contributed by atoms with Crippen LogP contribution in [0.5, 0.6) is 0 Å². The van der Waals surface area contributed by atoms with E-state index in [2.05, 4.69) is 182 Å². The van der Waals surface area contributed by atoms with Crippen LogP contribution in [0.3, 0.4) is 0 Å². The highest BCUT2D eigenvalue weighted by Gasteiger charge is 2.20. The summed E-state index contributed by atoms with van der Waals surface area (Å²) in [6.45, 7) is 0. The molecule has 57 heavy (non-hydrogen) atoms. The van der Waals surface area contributed by atoms with Crippen molar-refractivity contribution in [2.24, 2.45) is 0 Å². The van der Waals surface area contributed by atoms with Crippen molar-refractivity contribution in [1.29, 1.82) is 0 Å². The van der Waals surface area contributed by atoms with Gasteiger partial charge in [0.15, 0.2) is 17.5 Å². The summed E-state index contributed by atoms with van der Waals surface area (Å²) in [6.07, 6.45) is 0. The van der Waals surface area contributed by atoms with Gasteiger partial charge in [0.05, 0.1) is 0 Å². The molecule has 0 bridgehead atoms. The van der Waals surface area contributed by atoms with Gasteiger partial charge in [0.25, 0.3) is 0 Å². The maximum absolute atomic E-state index is 6.73. The van der Waals surface area contributed by atoms with E-state index in [9.17, 15) is 0 Å². The Morgan fingerprint density at radius 3 is 1.65 bits per heavy atom. The van der Waals surface area contributed by atoms with Gasteiger partial charge in [-0.3, -0.25) is 0 Å². The van der Waals surface area contributed by atoms with Gasteiger partial charge in [0, 0.05) is 33.0 Å². The van der Waals surface area contributed by atoms with Gasteiger partial charge in [-0.1, -0.05) is 188 Å². The average molecular weight is 728 g/mol. The van der Waals surface area contributed by atoms with Crippen LogP contribution in [0.25, 0.3) is 111 Å². The van der Waals surface area contributed by atoms with Crippen LogP contribution in [0.1, 0.15) is 0 Å². The van der Waals surface area contributed by atoms with Gasteiger partial charge in [0.2, 0.25) is 0 Å². The summed E-state index contributed by atoms with van der Waals surface area (Å²) in [4.78, 5) is 15.5. The molecule has 0 saturated heterocycles. The van der Waals surface area contributed by atoms with Crippen molar-refractivity contribution in [3.05, 3.63) is 200 Å². The molecule has 0 spiro atoms. The second-order valence-electron chi connectivity index (χ2n) is 14.4. The van der Waals surface area contributed by atoms with Crippen molar-refractivity contribution < 1.29 is 4.42 Å². The number of nitrogens with zero attached hydrogens (tertiary/aromatic N) is 3. The third-order valence-corrected chi connectivity index (χ3v) is 11.0. The van der Waals surface area contributed by atoms with E-state index < -0.39 is 0 Å². The van der Waals surface area contributed by atoms with Gasteiger partial charge < -0.3 is 4.42 Å². The Labute approximate surface area is 329 Å². The molecule has 0 aliphatic heterocycles. The first-order valence-electron chi connectivity index (χ1n) is 19.2. The Kier molecular flexibility index (Phi) is 7.78. The number of hydrogen-bond acceptors (Lipinski definition) is 4. The molecule has 0 amide bonds. The fourth-order valence-corrected chi connectivity index (χ4v) is 8.09. The zero-order valence-electron chi connectivity index (χ0n) is 30.8. The minimum atomic E-state index is 0.591. The van der Waals surface area contributed by atoms with E-state index in [1.54, 1.807) is 0 Å². The number of furan rings is 1. The highest BCUT2D eigenvalue weighted by molar-refractivity contribution is 6.15. The van der Waals surface area contributed by atoms with Crippen LogP contribution >= 0.6 is 0 Å². The molecule has 4 nitrogen and oxygen atoms in total. The Morgan fingerprint density at radius 1 is 0.298 bits per heavy atom. The molecule has 2 aromatic heterocycles. The van der Waals surface area contributed by atoms with Gasteiger partial charge in [-0.25, -0.2) is 15.0 Å². The second-order valence-corrected chi connectivity index (χ2v) is 14.4. The molecule has 0 N–H and O–H groups in total. The quantitative estimate of drug-likeness (QED) is 0.171. The molecular weight excluding hydrogens is 695 g/mol. The topological polar surface area (TPSA) is 51.8 Å². The monoisotopic (exact) mass is 727 g/mol. The smallest absolute Gasteiger partial charge is 0.164 e. The predicted octanol–water partition coefficient (Wildman–Crippen LogP) is 14.1. The summed E-state index contributed by atoms with van der Waals surface area (Å²) >= 11 is 0. The standard InChI is InChI=1S/C53H33N3O/c1-2-11-34(12-3-1)36-23-30-40(31-24-36)51-54-52(42-32-25-35-13-4-5-15-41(35)33-42)56-53(55-51)47-21-10-22-48-49(47)46-20-9-19-45(50(46)57-48)39-28-26-38(27-29-39)44-18-8-16-37-14-6-7-17-43(37)44/h1-33H. The van der Waals surface area contributed by atoms with E-state index in [0.717, 1.165) is 66.3 Å². The van der Waals surface area contributed by atoms with Crippen molar-refractivity contribution in [1.82, 2.24) is 15.0 Å². The van der Waals surface area contributed by atoms with Crippen molar-refractivity contribution >= 4 is 43.5 Å².